The van der Waals surface area contributed by atoms with E-state index in [-0.39, 0.29) is 5.70 Å². The second-order valence-corrected chi connectivity index (χ2v) is 4.58. The number of carbonyl (C=O) groups is 1. The van der Waals surface area contributed by atoms with Gasteiger partial charge in [-0.25, -0.2) is 9.80 Å². The highest BCUT2D eigenvalue weighted by Gasteiger charge is 2.29. The average molecular weight is 310 g/mol. The lowest BCUT2D eigenvalue weighted by atomic mass is 10.3. The molecule has 3 rings (SSSR count). The van der Waals surface area contributed by atoms with Gasteiger partial charge in [-0.05, 0) is 36.4 Å². The van der Waals surface area contributed by atoms with Crippen LogP contribution >= 0.6 is 0 Å². The Balaban J connectivity index is 1.81. The average Bonchev–Trinajstić information content (AvgIpc) is 2.97. The van der Waals surface area contributed by atoms with Crippen LogP contribution in [0.5, 0.6) is 5.75 Å². The van der Waals surface area contributed by atoms with Crippen LogP contribution in [0.15, 0.2) is 76.7 Å². The summed E-state index contributed by atoms with van der Waals surface area (Å²) in [5.41, 5.74) is 4.16. The van der Waals surface area contributed by atoms with Gasteiger partial charge in [0.2, 0.25) is 0 Å². The summed E-state index contributed by atoms with van der Waals surface area (Å²) in [6.07, 6.45) is 1.35. The van der Waals surface area contributed by atoms with Crippen LogP contribution in [0.3, 0.4) is 0 Å². The first-order valence-electron chi connectivity index (χ1n) is 6.85. The fraction of sp³-hybridized carbons (Fsp3) is 0.0625. The monoisotopic (exact) mass is 310 g/mol. The van der Waals surface area contributed by atoms with Gasteiger partial charge in [-0.3, -0.25) is 0 Å². The normalized spacial score (nSPS) is 16.1. The first kappa shape index (κ1) is 14.7. The van der Waals surface area contributed by atoms with Gasteiger partial charge in [0.25, 0.3) is 0 Å². The molecule has 0 unspecified atom stereocenters. The predicted octanol–water partition coefficient (Wildman–Crippen LogP) is 3.10. The molecular weight excluding hydrogens is 296 g/mol. The maximum absolute atomic E-state index is 11.8. The molecule has 116 valence electrons. The van der Waals surface area contributed by atoms with Crippen LogP contribution in [-0.4, -0.2) is 13.1 Å². The Morgan fingerprint density at radius 2 is 1.87 bits per heavy atom. The molecular formula is C16H14N4O3. The van der Waals surface area contributed by atoms with Crippen molar-refractivity contribution in [3.8, 4) is 5.75 Å². The number of rotatable bonds is 4. The molecule has 1 saturated heterocycles. The second kappa shape index (κ2) is 6.71. The van der Waals surface area contributed by atoms with Crippen molar-refractivity contribution in [2.75, 3.05) is 12.1 Å². The SMILES string of the molecule is COc1ccc(N2NOC(=O)/C2=C/N=Nc2ccccc2)cc1. The zero-order valence-electron chi connectivity index (χ0n) is 12.3. The van der Waals surface area contributed by atoms with E-state index in [4.69, 9.17) is 9.57 Å². The number of nitrogens with one attached hydrogen (secondary N) is 1. The molecule has 1 aliphatic heterocycles. The standard InChI is InChI=1S/C16H14N4O3/c1-22-14-9-7-13(8-10-14)20-15(16(21)23-19-20)11-17-18-12-5-3-2-4-6-12/h2-11,19H,1H3/b15-11-,18-17?. The predicted molar refractivity (Wildman–Crippen MR) is 83.7 cm³/mol. The zero-order chi connectivity index (χ0) is 16.1. The number of anilines is 1. The van der Waals surface area contributed by atoms with E-state index in [1.807, 2.05) is 30.3 Å². The van der Waals surface area contributed by atoms with Crippen LogP contribution in [0.2, 0.25) is 0 Å². The van der Waals surface area contributed by atoms with E-state index in [9.17, 15) is 4.79 Å². The van der Waals surface area contributed by atoms with Gasteiger partial charge in [-0.2, -0.15) is 10.2 Å². The molecule has 7 heteroatoms. The van der Waals surface area contributed by atoms with Crippen molar-refractivity contribution < 1.29 is 14.4 Å². The minimum Gasteiger partial charge on any atom is -0.497 e. The van der Waals surface area contributed by atoms with Gasteiger partial charge < -0.3 is 9.57 Å². The highest BCUT2D eigenvalue weighted by atomic mass is 16.7. The molecule has 23 heavy (non-hydrogen) atoms. The summed E-state index contributed by atoms with van der Waals surface area (Å²) in [5.74, 6) is 0.183. The molecule has 1 N–H and O–H groups in total. The van der Waals surface area contributed by atoms with Gasteiger partial charge >= 0.3 is 5.97 Å². The van der Waals surface area contributed by atoms with Crippen LogP contribution in [0.1, 0.15) is 0 Å². The third-order valence-electron chi connectivity index (χ3n) is 3.12. The number of azo groups is 1. The Labute approximate surface area is 132 Å². The van der Waals surface area contributed by atoms with Crippen molar-refractivity contribution in [3.63, 3.8) is 0 Å². The van der Waals surface area contributed by atoms with Crippen molar-refractivity contribution in [2.45, 2.75) is 0 Å². The lowest BCUT2D eigenvalue weighted by molar-refractivity contribution is -0.140. The number of carbonyl (C=O) groups excluding carboxylic acids is 1. The van der Waals surface area contributed by atoms with Crippen molar-refractivity contribution in [2.24, 2.45) is 10.2 Å². The molecule has 1 heterocycles. The molecule has 1 fully saturated rings. The van der Waals surface area contributed by atoms with Crippen molar-refractivity contribution in [1.29, 1.82) is 0 Å². The molecule has 0 bridgehead atoms. The molecule has 0 radical (unpaired) electrons. The summed E-state index contributed by atoms with van der Waals surface area (Å²) in [4.78, 5) is 16.6. The van der Waals surface area contributed by atoms with E-state index >= 15 is 0 Å². The van der Waals surface area contributed by atoms with E-state index in [1.54, 1.807) is 31.4 Å². The first-order chi connectivity index (χ1) is 11.3. The number of nitrogens with zero attached hydrogens (tertiary/aromatic N) is 3. The lowest BCUT2D eigenvalue weighted by Crippen LogP contribution is -2.28. The molecule has 1 aliphatic rings. The smallest absolute Gasteiger partial charge is 0.378 e. The van der Waals surface area contributed by atoms with Gasteiger partial charge in [0.15, 0.2) is 5.70 Å². The van der Waals surface area contributed by atoms with Gasteiger partial charge in [-0.15, -0.1) is 0 Å². The summed E-state index contributed by atoms with van der Waals surface area (Å²) >= 11 is 0. The number of hydrogen-bond donors (Lipinski definition) is 1. The summed E-state index contributed by atoms with van der Waals surface area (Å²) in [6, 6.07) is 16.4. The van der Waals surface area contributed by atoms with Gasteiger partial charge in [-0.1, -0.05) is 23.8 Å². The Morgan fingerprint density at radius 3 is 2.57 bits per heavy atom. The highest BCUT2D eigenvalue weighted by Crippen LogP contribution is 2.24. The molecule has 2 aromatic carbocycles. The zero-order valence-corrected chi connectivity index (χ0v) is 12.3. The quantitative estimate of drug-likeness (QED) is 0.693. The minimum atomic E-state index is -0.534. The van der Waals surface area contributed by atoms with E-state index in [1.165, 1.54) is 11.2 Å². The molecule has 0 saturated carbocycles. The first-order valence-corrected chi connectivity index (χ1v) is 6.85. The molecule has 0 aliphatic carbocycles. The molecule has 2 aromatic rings. The van der Waals surface area contributed by atoms with E-state index in [2.05, 4.69) is 15.8 Å². The van der Waals surface area contributed by atoms with Crippen molar-refractivity contribution in [3.05, 3.63) is 66.5 Å². The Bertz CT molecular complexity index is 742. The van der Waals surface area contributed by atoms with Crippen LogP contribution in [0.4, 0.5) is 11.4 Å². The van der Waals surface area contributed by atoms with E-state index < -0.39 is 5.97 Å². The van der Waals surface area contributed by atoms with E-state index in [0.717, 1.165) is 5.75 Å². The summed E-state index contributed by atoms with van der Waals surface area (Å²) < 4.78 is 5.11. The Hall–Kier alpha value is -3.19. The van der Waals surface area contributed by atoms with Crippen LogP contribution in [-0.2, 0) is 9.63 Å². The molecule has 0 aromatic heterocycles. The molecule has 7 nitrogen and oxygen atoms in total. The Kier molecular flexibility index (Phi) is 4.30. The fourth-order valence-electron chi connectivity index (χ4n) is 1.96. The topological polar surface area (TPSA) is 75.5 Å². The number of methoxy groups -OCH3 is 1. The molecule has 0 atom stereocenters. The second-order valence-electron chi connectivity index (χ2n) is 4.58. The van der Waals surface area contributed by atoms with Crippen LogP contribution < -0.4 is 15.3 Å². The van der Waals surface area contributed by atoms with Gasteiger partial charge in [0.1, 0.15) is 5.75 Å². The van der Waals surface area contributed by atoms with Gasteiger partial charge in [0.05, 0.1) is 24.7 Å². The summed E-state index contributed by atoms with van der Waals surface area (Å²) in [5, 5.41) is 9.44. The maximum atomic E-state index is 11.8. The fourth-order valence-corrected chi connectivity index (χ4v) is 1.96. The van der Waals surface area contributed by atoms with Gasteiger partial charge in [0, 0.05) is 0 Å². The molecule has 0 spiro atoms. The lowest BCUT2D eigenvalue weighted by Gasteiger charge is -2.14. The number of ether oxygens (including phenoxy) is 1. The maximum Gasteiger partial charge on any atom is 0.378 e. The summed E-state index contributed by atoms with van der Waals surface area (Å²) in [6.45, 7) is 0. The number of benzene rings is 2. The van der Waals surface area contributed by atoms with Crippen molar-refractivity contribution in [1.82, 2.24) is 5.59 Å². The third-order valence-corrected chi connectivity index (χ3v) is 3.12. The number of hydrazine groups is 1. The number of hydrogen-bond acceptors (Lipinski definition) is 7. The van der Waals surface area contributed by atoms with Crippen molar-refractivity contribution >= 4 is 17.3 Å². The summed E-state index contributed by atoms with van der Waals surface area (Å²) in [7, 11) is 1.59. The minimum absolute atomic E-state index is 0.231. The Morgan fingerprint density at radius 1 is 1.13 bits per heavy atom. The third kappa shape index (κ3) is 3.35. The van der Waals surface area contributed by atoms with Crippen LogP contribution in [0, 0.1) is 0 Å². The van der Waals surface area contributed by atoms with E-state index in [0.29, 0.717) is 11.4 Å². The largest absolute Gasteiger partial charge is 0.497 e. The molecule has 0 amide bonds. The van der Waals surface area contributed by atoms with Crippen LogP contribution in [0.25, 0.3) is 0 Å². The highest BCUT2D eigenvalue weighted by molar-refractivity contribution is 5.94.